The fourth-order valence-corrected chi connectivity index (χ4v) is 5.41. The van der Waals surface area contributed by atoms with E-state index < -0.39 is 5.97 Å². The number of carbonyl (C=O) groups is 3. The zero-order valence-corrected chi connectivity index (χ0v) is 21.4. The van der Waals surface area contributed by atoms with Gasteiger partial charge >= 0.3 is 5.97 Å². The highest BCUT2D eigenvalue weighted by Gasteiger charge is 2.17. The van der Waals surface area contributed by atoms with Crippen LogP contribution in [0.2, 0.25) is 0 Å². The largest absolute Gasteiger partial charge is 0.462 e. The summed E-state index contributed by atoms with van der Waals surface area (Å²) in [5, 5.41) is 5.73. The third-order valence-corrected chi connectivity index (χ3v) is 7.27. The highest BCUT2D eigenvalue weighted by atomic mass is 32.2. The summed E-state index contributed by atoms with van der Waals surface area (Å²) < 4.78 is 10.9. The van der Waals surface area contributed by atoms with E-state index in [0.717, 1.165) is 9.79 Å². The van der Waals surface area contributed by atoms with Gasteiger partial charge in [-0.1, -0.05) is 24.3 Å². The first-order valence-corrected chi connectivity index (χ1v) is 13.5. The van der Waals surface area contributed by atoms with Crippen molar-refractivity contribution in [2.24, 2.45) is 0 Å². The van der Waals surface area contributed by atoms with Crippen LogP contribution in [0.4, 0.5) is 11.4 Å². The second-order valence-corrected chi connectivity index (χ2v) is 10.0. The van der Waals surface area contributed by atoms with Crippen molar-refractivity contribution in [1.29, 1.82) is 0 Å². The number of hydrogen-bond acceptors (Lipinski definition) is 7. The Labute approximate surface area is 218 Å². The molecule has 1 aliphatic heterocycles. The number of amides is 2. The molecule has 36 heavy (non-hydrogen) atoms. The van der Waals surface area contributed by atoms with Crippen molar-refractivity contribution in [3.05, 3.63) is 83.4 Å². The lowest BCUT2D eigenvalue weighted by Gasteiger charge is -2.15. The Morgan fingerprint density at radius 2 is 1.33 bits per heavy atom. The van der Waals surface area contributed by atoms with E-state index in [1.54, 1.807) is 60.8 Å². The van der Waals surface area contributed by atoms with Crippen molar-refractivity contribution in [2.75, 3.05) is 42.0 Å². The van der Waals surface area contributed by atoms with Gasteiger partial charge in [0.15, 0.2) is 0 Å². The van der Waals surface area contributed by atoms with E-state index in [2.05, 4.69) is 10.6 Å². The number of carbonyl (C=O) groups excluding carboxylic acids is 3. The van der Waals surface area contributed by atoms with Crippen LogP contribution in [0.15, 0.2) is 76.5 Å². The Morgan fingerprint density at radius 1 is 0.833 bits per heavy atom. The summed E-state index contributed by atoms with van der Waals surface area (Å²) in [4.78, 5) is 40.5. The van der Waals surface area contributed by atoms with Crippen molar-refractivity contribution in [2.45, 2.75) is 16.7 Å². The van der Waals surface area contributed by atoms with Gasteiger partial charge in [-0.2, -0.15) is 0 Å². The first kappa shape index (κ1) is 25.8. The zero-order valence-electron chi connectivity index (χ0n) is 19.7. The molecule has 2 N–H and O–H groups in total. The van der Waals surface area contributed by atoms with Crippen molar-refractivity contribution in [3.8, 4) is 0 Å². The van der Waals surface area contributed by atoms with E-state index in [4.69, 9.17) is 9.47 Å². The van der Waals surface area contributed by atoms with Crippen molar-refractivity contribution >= 4 is 52.7 Å². The zero-order chi connectivity index (χ0) is 25.3. The molecule has 4 rings (SSSR count). The van der Waals surface area contributed by atoms with Crippen LogP contribution in [0.3, 0.4) is 0 Å². The maximum atomic E-state index is 13.2. The van der Waals surface area contributed by atoms with Crippen molar-refractivity contribution < 1.29 is 23.9 Å². The van der Waals surface area contributed by atoms with Gasteiger partial charge in [-0.3, -0.25) is 9.59 Å². The molecule has 2 bridgehead atoms. The fraction of sp³-hybridized carbons (Fsp3) is 0.222. The average molecular weight is 523 g/mol. The molecule has 186 valence electrons. The molecule has 7 nitrogen and oxygen atoms in total. The highest BCUT2D eigenvalue weighted by molar-refractivity contribution is 7.99. The standard InChI is InChI=1S/C27H26N2O5S2/c1-2-34-27(32)18-15-19-17-20(16-18)29-26(31)22-8-4-6-10-24(22)36-14-12-33-11-13-35-23-9-5-3-7-21(23)25(30)28-19/h3-10,15-17H,2,11-14H2,1H3,(H,28,30)(H,29,31). The number of esters is 1. The molecule has 0 saturated heterocycles. The summed E-state index contributed by atoms with van der Waals surface area (Å²) in [6.07, 6.45) is 0. The summed E-state index contributed by atoms with van der Waals surface area (Å²) in [7, 11) is 0. The number of hydrogen-bond donors (Lipinski definition) is 2. The van der Waals surface area contributed by atoms with Gasteiger partial charge in [0.25, 0.3) is 11.8 Å². The molecule has 0 unspecified atom stereocenters. The van der Waals surface area contributed by atoms with Crippen LogP contribution in [0.5, 0.6) is 0 Å². The second kappa shape index (κ2) is 12.6. The van der Waals surface area contributed by atoms with E-state index in [9.17, 15) is 14.4 Å². The maximum Gasteiger partial charge on any atom is 0.338 e. The predicted octanol–water partition coefficient (Wildman–Crippen LogP) is 5.58. The van der Waals surface area contributed by atoms with Gasteiger partial charge in [0.05, 0.1) is 36.5 Å². The van der Waals surface area contributed by atoms with Gasteiger partial charge in [0.2, 0.25) is 0 Å². The Hall–Kier alpha value is -3.27. The van der Waals surface area contributed by atoms with Gasteiger partial charge in [0.1, 0.15) is 0 Å². The van der Waals surface area contributed by atoms with E-state index in [0.29, 0.717) is 47.2 Å². The average Bonchev–Trinajstić information content (AvgIpc) is 2.88. The molecule has 0 aliphatic carbocycles. The molecule has 9 heteroatoms. The summed E-state index contributed by atoms with van der Waals surface area (Å²) in [5.41, 5.74) is 1.99. The summed E-state index contributed by atoms with van der Waals surface area (Å²) >= 11 is 3.10. The number of rotatable bonds is 2. The minimum Gasteiger partial charge on any atom is -0.462 e. The van der Waals surface area contributed by atoms with Gasteiger partial charge in [-0.25, -0.2) is 4.79 Å². The number of fused-ring (bicyclic) bond motifs is 4. The predicted molar refractivity (Wildman–Crippen MR) is 143 cm³/mol. The van der Waals surface area contributed by atoms with Crippen LogP contribution in [0.25, 0.3) is 0 Å². The number of nitrogens with one attached hydrogen (secondary N) is 2. The Morgan fingerprint density at radius 3 is 1.83 bits per heavy atom. The Balaban J connectivity index is 1.71. The van der Waals surface area contributed by atoms with Crippen LogP contribution in [0, 0.1) is 0 Å². The van der Waals surface area contributed by atoms with E-state index >= 15 is 0 Å². The number of ether oxygens (including phenoxy) is 2. The van der Waals surface area contributed by atoms with Gasteiger partial charge in [-0.05, 0) is 49.4 Å². The third kappa shape index (κ3) is 6.69. The van der Waals surface area contributed by atoms with Crippen molar-refractivity contribution in [1.82, 2.24) is 0 Å². The van der Waals surface area contributed by atoms with Gasteiger partial charge in [-0.15, -0.1) is 23.5 Å². The molecular weight excluding hydrogens is 496 g/mol. The molecule has 2 amide bonds. The summed E-state index contributed by atoms with van der Waals surface area (Å²) in [5.74, 6) is 0.200. The quantitative estimate of drug-likeness (QED) is 0.424. The number of benzene rings is 3. The van der Waals surface area contributed by atoms with Crippen molar-refractivity contribution in [3.63, 3.8) is 0 Å². The molecule has 0 fully saturated rings. The van der Waals surface area contributed by atoms with Crippen LogP contribution in [-0.4, -0.2) is 49.1 Å². The minimum absolute atomic E-state index is 0.204. The Bertz CT molecular complexity index is 1180. The lowest BCUT2D eigenvalue weighted by atomic mass is 10.1. The summed E-state index contributed by atoms with van der Waals surface area (Å²) in [6, 6.07) is 19.4. The monoisotopic (exact) mass is 522 g/mol. The van der Waals surface area contributed by atoms with Crippen LogP contribution >= 0.6 is 23.5 Å². The molecule has 0 aromatic heterocycles. The summed E-state index contributed by atoms with van der Waals surface area (Å²) in [6.45, 7) is 2.99. The number of thioether (sulfide) groups is 2. The lowest BCUT2D eigenvalue weighted by Crippen LogP contribution is -2.17. The van der Waals surface area contributed by atoms with E-state index in [1.807, 2.05) is 24.3 Å². The molecule has 3 aromatic rings. The van der Waals surface area contributed by atoms with E-state index in [-0.39, 0.29) is 24.0 Å². The maximum absolute atomic E-state index is 13.2. The smallest absolute Gasteiger partial charge is 0.338 e. The molecule has 0 spiro atoms. The molecule has 1 heterocycles. The first-order valence-electron chi connectivity index (χ1n) is 11.5. The number of anilines is 2. The molecule has 3 aromatic carbocycles. The highest BCUT2D eigenvalue weighted by Crippen LogP contribution is 2.27. The second-order valence-electron chi connectivity index (χ2n) is 7.73. The minimum atomic E-state index is -0.543. The molecule has 0 saturated carbocycles. The normalized spacial score (nSPS) is 14.8. The first-order chi connectivity index (χ1) is 17.5. The molecular formula is C27H26N2O5S2. The Kier molecular flexibility index (Phi) is 9.05. The van der Waals surface area contributed by atoms with E-state index in [1.165, 1.54) is 12.1 Å². The molecule has 0 atom stereocenters. The van der Waals surface area contributed by atoms with Crippen LogP contribution in [-0.2, 0) is 9.47 Å². The lowest BCUT2D eigenvalue weighted by molar-refractivity contribution is 0.0526. The van der Waals surface area contributed by atoms with Crippen LogP contribution < -0.4 is 10.6 Å². The SMILES string of the molecule is CCOC(=O)c1cc2cc(c1)NC(=O)c1ccccc1SCCOCCSc1ccccc1C(=O)N2. The van der Waals surface area contributed by atoms with Crippen LogP contribution in [0.1, 0.15) is 38.0 Å². The van der Waals surface area contributed by atoms with Gasteiger partial charge in [0, 0.05) is 32.7 Å². The topological polar surface area (TPSA) is 93.7 Å². The fourth-order valence-electron chi connectivity index (χ4n) is 3.58. The third-order valence-electron chi connectivity index (χ3n) is 5.19. The van der Waals surface area contributed by atoms with Gasteiger partial charge < -0.3 is 20.1 Å². The molecule has 0 radical (unpaired) electrons. The molecule has 1 aliphatic rings.